The van der Waals surface area contributed by atoms with Gasteiger partial charge < -0.3 is 5.32 Å². The van der Waals surface area contributed by atoms with E-state index in [1.165, 1.54) is 9.88 Å². The molecule has 0 saturated heterocycles. The van der Waals surface area contributed by atoms with Crippen LogP contribution >= 0.6 is 22.9 Å². The lowest BCUT2D eigenvalue weighted by Gasteiger charge is -2.09. The largest absolute Gasteiger partial charge is 0.308 e. The van der Waals surface area contributed by atoms with Gasteiger partial charge in [0.05, 0.1) is 5.69 Å². The van der Waals surface area contributed by atoms with Gasteiger partial charge in [0, 0.05) is 23.3 Å². The van der Waals surface area contributed by atoms with E-state index in [0.717, 1.165) is 18.7 Å². The summed E-state index contributed by atoms with van der Waals surface area (Å²) in [5, 5.41) is 4.57. The van der Waals surface area contributed by atoms with Gasteiger partial charge in [0.2, 0.25) is 0 Å². The van der Waals surface area contributed by atoms with E-state index >= 15 is 0 Å². The zero-order chi connectivity index (χ0) is 10.6. The average Bonchev–Trinajstić information content (AvgIpc) is 2.44. The van der Waals surface area contributed by atoms with Crippen LogP contribution in [0.2, 0.25) is 0 Å². The van der Waals surface area contributed by atoms with E-state index in [2.05, 4.69) is 31.1 Å². The van der Waals surface area contributed by atoms with E-state index < -0.39 is 0 Å². The first-order chi connectivity index (χ1) is 6.63. The number of hydrogen-bond donors (Lipinski definition) is 1. The van der Waals surface area contributed by atoms with Gasteiger partial charge in [-0.15, -0.1) is 22.9 Å². The molecular weight excluding hydrogens is 216 g/mol. The minimum absolute atomic E-state index is 0.469. The highest BCUT2D eigenvalue weighted by atomic mass is 35.5. The Balaban J connectivity index is 2.38. The number of rotatable bonds is 5. The summed E-state index contributed by atoms with van der Waals surface area (Å²) >= 11 is 7.42. The van der Waals surface area contributed by atoms with Crippen molar-refractivity contribution < 1.29 is 0 Å². The van der Waals surface area contributed by atoms with Gasteiger partial charge >= 0.3 is 0 Å². The quantitative estimate of drug-likeness (QED) is 0.790. The Morgan fingerprint density at radius 3 is 2.71 bits per heavy atom. The Bertz CT molecular complexity index is 266. The van der Waals surface area contributed by atoms with Crippen molar-refractivity contribution in [1.29, 1.82) is 0 Å². The molecule has 0 fully saturated rings. The highest BCUT2D eigenvalue weighted by Gasteiger charge is 2.05. The first-order valence-corrected chi connectivity index (χ1v) is 6.21. The molecule has 4 heteroatoms. The van der Waals surface area contributed by atoms with E-state index in [1.54, 1.807) is 11.3 Å². The number of nitrogens with one attached hydrogen (secondary N) is 1. The monoisotopic (exact) mass is 232 g/mol. The fourth-order valence-corrected chi connectivity index (χ4v) is 2.35. The molecule has 80 valence electrons. The highest BCUT2D eigenvalue weighted by molar-refractivity contribution is 7.11. The van der Waals surface area contributed by atoms with Crippen molar-refractivity contribution in [2.75, 3.05) is 5.88 Å². The molecule has 0 aliphatic carbocycles. The maximum Gasteiger partial charge on any atom is 0.107 e. The molecule has 0 bridgehead atoms. The molecule has 2 nitrogen and oxygen atoms in total. The van der Waals surface area contributed by atoms with Crippen molar-refractivity contribution in [3.8, 4) is 0 Å². The summed E-state index contributed by atoms with van der Waals surface area (Å²) in [7, 11) is 0. The third-order valence-corrected chi connectivity index (χ3v) is 3.51. The number of nitrogens with zero attached hydrogens (tertiary/aromatic N) is 1. The summed E-state index contributed by atoms with van der Waals surface area (Å²) in [5.74, 6) is 0.712. The van der Waals surface area contributed by atoms with Crippen LogP contribution in [0.5, 0.6) is 0 Å². The maximum atomic E-state index is 5.65. The lowest BCUT2D eigenvalue weighted by atomic mass is 10.2. The maximum absolute atomic E-state index is 5.65. The molecule has 0 amide bonds. The van der Waals surface area contributed by atoms with Crippen LogP contribution in [0.1, 0.15) is 28.9 Å². The van der Waals surface area contributed by atoms with Crippen LogP contribution in [0.4, 0.5) is 0 Å². The summed E-state index contributed by atoms with van der Waals surface area (Å²) in [6.07, 6.45) is 1.00. The second-order valence-electron chi connectivity index (χ2n) is 3.51. The minimum Gasteiger partial charge on any atom is -0.308 e. The molecule has 1 N–H and O–H groups in total. The Hall–Kier alpha value is -0.120. The summed E-state index contributed by atoms with van der Waals surface area (Å²) in [6, 6.07) is 0.469. The molecule has 14 heavy (non-hydrogen) atoms. The fourth-order valence-electron chi connectivity index (χ4n) is 1.14. The lowest BCUT2D eigenvalue weighted by Crippen LogP contribution is -2.25. The SMILES string of the molecule is Cc1nc(CNC(C)CCCl)sc1C. The molecule has 0 aromatic carbocycles. The van der Waals surface area contributed by atoms with Gasteiger partial charge in [-0.2, -0.15) is 0 Å². The molecule has 1 aromatic heterocycles. The van der Waals surface area contributed by atoms with Crippen LogP contribution in [0.3, 0.4) is 0 Å². The van der Waals surface area contributed by atoms with Gasteiger partial charge in [-0.25, -0.2) is 4.98 Å². The van der Waals surface area contributed by atoms with Gasteiger partial charge in [-0.1, -0.05) is 0 Å². The standard InChI is InChI=1S/C10H17ClN2S/c1-7(4-5-11)12-6-10-13-8(2)9(3)14-10/h7,12H,4-6H2,1-3H3. The average molecular weight is 233 g/mol. The zero-order valence-electron chi connectivity index (χ0n) is 8.93. The van der Waals surface area contributed by atoms with Crippen molar-refractivity contribution in [2.24, 2.45) is 0 Å². The Morgan fingerprint density at radius 2 is 2.21 bits per heavy atom. The van der Waals surface area contributed by atoms with Crippen LogP contribution in [0, 0.1) is 13.8 Å². The fraction of sp³-hybridized carbons (Fsp3) is 0.700. The predicted molar refractivity (Wildman–Crippen MR) is 63.2 cm³/mol. The molecule has 0 spiro atoms. The van der Waals surface area contributed by atoms with E-state index in [4.69, 9.17) is 11.6 Å². The zero-order valence-corrected chi connectivity index (χ0v) is 10.5. The van der Waals surface area contributed by atoms with Crippen molar-refractivity contribution in [2.45, 2.75) is 39.8 Å². The van der Waals surface area contributed by atoms with Crippen LogP contribution in [-0.2, 0) is 6.54 Å². The molecule has 1 unspecified atom stereocenters. The Labute approximate surface area is 94.7 Å². The van der Waals surface area contributed by atoms with Crippen molar-refractivity contribution in [3.05, 3.63) is 15.6 Å². The third kappa shape index (κ3) is 3.56. The first-order valence-electron chi connectivity index (χ1n) is 4.85. The predicted octanol–water partition coefficient (Wildman–Crippen LogP) is 2.87. The molecule has 0 radical (unpaired) electrons. The van der Waals surface area contributed by atoms with Crippen molar-refractivity contribution >= 4 is 22.9 Å². The van der Waals surface area contributed by atoms with Gasteiger partial charge in [0.15, 0.2) is 0 Å². The normalized spacial score (nSPS) is 13.1. The first kappa shape index (κ1) is 12.0. The topological polar surface area (TPSA) is 24.9 Å². The van der Waals surface area contributed by atoms with Gasteiger partial charge in [-0.05, 0) is 27.2 Å². The molecule has 1 aromatic rings. The summed E-state index contributed by atoms with van der Waals surface area (Å²) in [4.78, 5) is 5.78. The van der Waals surface area contributed by atoms with E-state index in [9.17, 15) is 0 Å². The number of aryl methyl sites for hydroxylation is 2. The molecule has 1 heterocycles. The van der Waals surface area contributed by atoms with E-state index in [1.807, 2.05) is 0 Å². The second kappa shape index (κ2) is 5.69. The van der Waals surface area contributed by atoms with Crippen LogP contribution in [-0.4, -0.2) is 16.9 Å². The number of alkyl halides is 1. The van der Waals surface area contributed by atoms with Crippen molar-refractivity contribution in [3.63, 3.8) is 0 Å². The van der Waals surface area contributed by atoms with Gasteiger partial charge in [-0.3, -0.25) is 0 Å². The van der Waals surface area contributed by atoms with Crippen molar-refractivity contribution in [1.82, 2.24) is 10.3 Å². The second-order valence-corrected chi connectivity index (χ2v) is 5.17. The molecule has 0 aliphatic heterocycles. The van der Waals surface area contributed by atoms with E-state index in [-0.39, 0.29) is 0 Å². The van der Waals surface area contributed by atoms with Crippen LogP contribution in [0.15, 0.2) is 0 Å². The molecular formula is C10H17ClN2S. The smallest absolute Gasteiger partial charge is 0.107 e. The van der Waals surface area contributed by atoms with Gasteiger partial charge in [0.25, 0.3) is 0 Å². The lowest BCUT2D eigenvalue weighted by molar-refractivity contribution is 0.535. The van der Waals surface area contributed by atoms with Crippen LogP contribution in [0.25, 0.3) is 0 Å². The number of hydrogen-bond acceptors (Lipinski definition) is 3. The highest BCUT2D eigenvalue weighted by Crippen LogP contribution is 2.16. The molecule has 0 aliphatic rings. The Kier molecular flexibility index (Phi) is 4.85. The Morgan fingerprint density at radius 1 is 1.50 bits per heavy atom. The number of halogens is 1. The minimum atomic E-state index is 0.469. The summed E-state index contributed by atoms with van der Waals surface area (Å²) < 4.78 is 0. The third-order valence-electron chi connectivity index (χ3n) is 2.22. The van der Waals surface area contributed by atoms with E-state index in [0.29, 0.717) is 11.9 Å². The van der Waals surface area contributed by atoms with Crippen LogP contribution < -0.4 is 5.32 Å². The van der Waals surface area contributed by atoms with Gasteiger partial charge in [0.1, 0.15) is 5.01 Å². The summed E-state index contributed by atoms with van der Waals surface area (Å²) in [6.45, 7) is 7.17. The summed E-state index contributed by atoms with van der Waals surface area (Å²) in [5.41, 5.74) is 1.15. The molecule has 1 rings (SSSR count). The molecule has 0 saturated carbocycles. The number of aromatic nitrogens is 1. The molecule has 1 atom stereocenters. The number of thiazole rings is 1.